The highest BCUT2D eigenvalue weighted by atomic mass is 32.1. The molecule has 0 saturated carbocycles. The van der Waals surface area contributed by atoms with Gasteiger partial charge in [0, 0.05) is 10.8 Å². The molecule has 17 heavy (non-hydrogen) atoms. The molecular formula is C12H21N3S2. The van der Waals surface area contributed by atoms with Crippen molar-refractivity contribution in [3.63, 3.8) is 0 Å². The van der Waals surface area contributed by atoms with Crippen LogP contribution in [-0.4, -0.2) is 28.0 Å². The summed E-state index contributed by atoms with van der Waals surface area (Å²) in [5.41, 5.74) is 6.90. The summed E-state index contributed by atoms with van der Waals surface area (Å²) in [4.78, 5) is 7.30. The Balaban J connectivity index is 2.70. The average molecular weight is 271 g/mol. The summed E-state index contributed by atoms with van der Waals surface area (Å²) < 4.78 is 0. The summed E-state index contributed by atoms with van der Waals surface area (Å²) in [6.07, 6.45) is 0. The predicted molar refractivity (Wildman–Crippen MR) is 78.5 cm³/mol. The fourth-order valence-electron chi connectivity index (χ4n) is 1.30. The maximum Gasteiger partial charge on any atom is 0.107 e. The highest BCUT2D eigenvalue weighted by molar-refractivity contribution is 7.80. The van der Waals surface area contributed by atoms with Gasteiger partial charge in [-0.1, -0.05) is 33.0 Å². The van der Waals surface area contributed by atoms with Crippen LogP contribution in [0, 0.1) is 0 Å². The number of nitrogens with zero attached hydrogens (tertiary/aromatic N) is 2. The molecule has 0 radical (unpaired) electrons. The number of rotatable bonds is 4. The van der Waals surface area contributed by atoms with Gasteiger partial charge in [-0.25, -0.2) is 4.98 Å². The smallest absolute Gasteiger partial charge is 0.107 e. The number of likely N-dealkylation sites (N-methyl/N-ethyl adjacent to an activating group) is 1. The largest absolute Gasteiger partial charge is 0.392 e. The van der Waals surface area contributed by atoms with E-state index in [9.17, 15) is 0 Å². The first-order valence-corrected chi connectivity index (χ1v) is 6.95. The molecule has 0 aliphatic carbocycles. The Morgan fingerprint density at radius 2 is 2.18 bits per heavy atom. The monoisotopic (exact) mass is 271 g/mol. The van der Waals surface area contributed by atoms with Crippen molar-refractivity contribution in [1.82, 2.24) is 9.88 Å². The zero-order valence-electron chi connectivity index (χ0n) is 11.2. The normalized spacial score (nSPS) is 14.0. The molecule has 1 rings (SSSR count). The van der Waals surface area contributed by atoms with E-state index in [1.807, 2.05) is 14.0 Å². The van der Waals surface area contributed by atoms with Gasteiger partial charge in [0.05, 0.1) is 23.3 Å². The fourth-order valence-corrected chi connectivity index (χ4v) is 2.56. The lowest BCUT2D eigenvalue weighted by Crippen LogP contribution is -2.38. The lowest BCUT2D eigenvalue weighted by Gasteiger charge is -2.22. The van der Waals surface area contributed by atoms with E-state index in [1.165, 1.54) is 0 Å². The Hall–Kier alpha value is -0.520. The van der Waals surface area contributed by atoms with Gasteiger partial charge < -0.3 is 5.73 Å². The van der Waals surface area contributed by atoms with Crippen LogP contribution in [0.15, 0.2) is 5.38 Å². The maximum absolute atomic E-state index is 5.64. The van der Waals surface area contributed by atoms with Crippen LogP contribution >= 0.6 is 23.6 Å². The van der Waals surface area contributed by atoms with E-state index in [-0.39, 0.29) is 11.5 Å². The number of hydrogen-bond donors (Lipinski definition) is 1. The maximum atomic E-state index is 5.64. The topological polar surface area (TPSA) is 42.1 Å². The van der Waals surface area contributed by atoms with Gasteiger partial charge in [-0.05, 0) is 14.0 Å². The second-order valence-corrected chi connectivity index (χ2v) is 6.78. The Labute approximate surface area is 113 Å². The second-order valence-electron chi connectivity index (χ2n) is 5.37. The van der Waals surface area contributed by atoms with Gasteiger partial charge in [0.1, 0.15) is 5.01 Å². The van der Waals surface area contributed by atoms with Crippen LogP contribution in [-0.2, 0) is 12.0 Å². The molecule has 1 aromatic rings. The standard InChI is InChI=1S/C12H21N3S2/c1-8(11(13)16)15(5)6-10-14-9(7-17-10)12(2,3)4/h7-8H,6H2,1-5H3,(H2,13,16). The van der Waals surface area contributed by atoms with Crippen molar-refractivity contribution in [3.05, 3.63) is 16.1 Å². The van der Waals surface area contributed by atoms with Gasteiger partial charge in [0.15, 0.2) is 0 Å². The van der Waals surface area contributed by atoms with E-state index in [0.717, 1.165) is 17.2 Å². The predicted octanol–water partition coefficient (Wildman–Crippen LogP) is 2.55. The van der Waals surface area contributed by atoms with Crippen LogP contribution in [0.3, 0.4) is 0 Å². The molecule has 1 aromatic heterocycles. The van der Waals surface area contributed by atoms with E-state index in [0.29, 0.717) is 4.99 Å². The van der Waals surface area contributed by atoms with Crippen molar-refractivity contribution in [2.24, 2.45) is 5.73 Å². The molecule has 0 spiro atoms. The Morgan fingerprint density at radius 3 is 2.59 bits per heavy atom. The molecule has 0 aromatic carbocycles. The van der Waals surface area contributed by atoms with Crippen molar-refractivity contribution >= 4 is 28.5 Å². The number of nitrogens with two attached hydrogens (primary N) is 1. The van der Waals surface area contributed by atoms with Crippen LogP contribution in [0.4, 0.5) is 0 Å². The fraction of sp³-hybridized carbons (Fsp3) is 0.667. The van der Waals surface area contributed by atoms with E-state index < -0.39 is 0 Å². The summed E-state index contributed by atoms with van der Waals surface area (Å²) in [6, 6.07) is 0.104. The van der Waals surface area contributed by atoms with Crippen LogP contribution in [0.2, 0.25) is 0 Å². The minimum Gasteiger partial charge on any atom is -0.392 e. The van der Waals surface area contributed by atoms with Crippen LogP contribution in [0.25, 0.3) is 0 Å². The second kappa shape index (κ2) is 5.42. The Bertz CT molecular complexity index is 393. The van der Waals surface area contributed by atoms with Crippen molar-refractivity contribution in [2.75, 3.05) is 7.05 Å². The Morgan fingerprint density at radius 1 is 1.59 bits per heavy atom. The van der Waals surface area contributed by atoms with Gasteiger partial charge in [-0.3, -0.25) is 4.90 Å². The number of thiazole rings is 1. The van der Waals surface area contributed by atoms with Gasteiger partial charge in [-0.15, -0.1) is 11.3 Å². The average Bonchev–Trinajstić information content (AvgIpc) is 2.64. The highest BCUT2D eigenvalue weighted by Crippen LogP contribution is 2.24. The van der Waals surface area contributed by atoms with E-state index >= 15 is 0 Å². The first-order chi connectivity index (χ1) is 7.71. The molecule has 0 fully saturated rings. The number of hydrogen-bond acceptors (Lipinski definition) is 4. The molecule has 2 N–H and O–H groups in total. The van der Waals surface area contributed by atoms with Crippen molar-refractivity contribution < 1.29 is 0 Å². The highest BCUT2D eigenvalue weighted by Gasteiger charge is 2.19. The summed E-state index contributed by atoms with van der Waals surface area (Å²) >= 11 is 6.69. The molecule has 0 aliphatic heterocycles. The SMILES string of the molecule is CC(C(N)=S)N(C)Cc1nc(C(C)(C)C)cs1. The molecule has 5 heteroatoms. The van der Waals surface area contributed by atoms with Crippen LogP contribution in [0.5, 0.6) is 0 Å². The summed E-state index contributed by atoms with van der Waals surface area (Å²) in [5.74, 6) is 0. The molecule has 3 nitrogen and oxygen atoms in total. The third-order valence-corrected chi connectivity index (χ3v) is 3.95. The summed E-state index contributed by atoms with van der Waals surface area (Å²) in [6.45, 7) is 9.33. The minimum absolute atomic E-state index is 0.104. The zero-order valence-corrected chi connectivity index (χ0v) is 12.8. The first-order valence-electron chi connectivity index (χ1n) is 5.66. The van der Waals surface area contributed by atoms with Crippen LogP contribution in [0.1, 0.15) is 38.4 Å². The molecule has 96 valence electrons. The van der Waals surface area contributed by atoms with Crippen molar-refractivity contribution in [1.29, 1.82) is 0 Å². The van der Waals surface area contributed by atoms with Crippen LogP contribution < -0.4 is 5.73 Å². The summed E-state index contributed by atoms with van der Waals surface area (Å²) in [5, 5.41) is 3.25. The molecule has 0 aliphatic rings. The molecule has 0 saturated heterocycles. The van der Waals surface area contributed by atoms with E-state index in [4.69, 9.17) is 18.0 Å². The number of aromatic nitrogens is 1. The molecule has 0 amide bonds. The van der Waals surface area contributed by atoms with E-state index in [1.54, 1.807) is 11.3 Å². The van der Waals surface area contributed by atoms with E-state index in [2.05, 4.69) is 36.0 Å². The van der Waals surface area contributed by atoms with Gasteiger partial charge in [-0.2, -0.15) is 0 Å². The Kier molecular flexibility index (Phi) is 4.63. The molecular weight excluding hydrogens is 250 g/mol. The van der Waals surface area contributed by atoms with Gasteiger partial charge in [0.2, 0.25) is 0 Å². The lowest BCUT2D eigenvalue weighted by molar-refractivity contribution is 0.303. The van der Waals surface area contributed by atoms with Crippen molar-refractivity contribution in [3.8, 4) is 0 Å². The number of thiocarbonyl (C=S) groups is 1. The van der Waals surface area contributed by atoms with Gasteiger partial charge >= 0.3 is 0 Å². The minimum atomic E-state index is 0.104. The molecule has 1 atom stereocenters. The molecule has 1 unspecified atom stereocenters. The zero-order chi connectivity index (χ0) is 13.2. The molecule has 1 heterocycles. The lowest BCUT2D eigenvalue weighted by atomic mass is 9.93. The third kappa shape index (κ3) is 4.01. The first kappa shape index (κ1) is 14.5. The van der Waals surface area contributed by atoms with Crippen molar-refractivity contribution in [2.45, 2.75) is 45.7 Å². The quantitative estimate of drug-likeness (QED) is 0.855. The molecule has 0 bridgehead atoms. The summed E-state index contributed by atoms with van der Waals surface area (Å²) in [7, 11) is 2.02. The van der Waals surface area contributed by atoms with Gasteiger partial charge in [0.25, 0.3) is 0 Å². The third-order valence-electron chi connectivity index (χ3n) is 2.78.